The van der Waals surface area contributed by atoms with Crippen LogP contribution in [0.4, 0.5) is 5.82 Å². The maximum atomic E-state index is 6.06. The first-order valence-corrected chi connectivity index (χ1v) is 8.11. The van der Waals surface area contributed by atoms with Crippen LogP contribution in [0.15, 0.2) is 0 Å². The number of hydrogen-bond acceptors (Lipinski definition) is 5. The summed E-state index contributed by atoms with van der Waals surface area (Å²) in [5, 5.41) is 9.02. The van der Waals surface area contributed by atoms with Crippen LogP contribution in [0.3, 0.4) is 0 Å². The summed E-state index contributed by atoms with van der Waals surface area (Å²) >= 11 is 0. The molecule has 0 saturated carbocycles. The lowest BCUT2D eigenvalue weighted by molar-refractivity contribution is 0.371. The SMILES string of the molecule is CCc1nnc(N2CCCC2CN(C)C)c(CN)c1CC. The van der Waals surface area contributed by atoms with Crippen molar-refractivity contribution in [1.29, 1.82) is 0 Å². The number of rotatable bonds is 6. The second kappa shape index (κ2) is 7.18. The molecule has 0 radical (unpaired) electrons. The van der Waals surface area contributed by atoms with Crippen LogP contribution >= 0.6 is 0 Å². The number of aromatic nitrogens is 2. The van der Waals surface area contributed by atoms with Crippen LogP contribution in [-0.2, 0) is 19.4 Å². The molecule has 2 heterocycles. The minimum absolute atomic E-state index is 0.525. The van der Waals surface area contributed by atoms with Crippen molar-refractivity contribution in [2.45, 2.75) is 52.1 Å². The standard InChI is InChI=1S/C16H29N5/c1-5-13-14(10-17)16(19-18-15(13)6-2)21-9-7-8-12(21)11-20(3)4/h12H,5-11,17H2,1-4H3. The molecule has 2 N–H and O–H groups in total. The van der Waals surface area contributed by atoms with Gasteiger partial charge < -0.3 is 15.5 Å². The Hall–Kier alpha value is -1.20. The van der Waals surface area contributed by atoms with Crippen LogP contribution in [0.25, 0.3) is 0 Å². The quantitative estimate of drug-likeness (QED) is 0.862. The van der Waals surface area contributed by atoms with Crippen LogP contribution in [0.2, 0.25) is 0 Å². The van der Waals surface area contributed by atoms with E-state index in [0.29, 0.717) is 12.6 Å². The molecule has 0 spiro atoms. The predicted octanol–water partition coefficient (Wildman–Crippen LogP) is 1.59. The highest BCUT2D eigenvalue weighted by Gasteiger charge is 2.29. The smallest absolute Gasteiger partial charge is 0.156 e. The van der Waals surface area contributed by atoms with Crippen molar-refractivity contribution in [2.24, 2.45) is 5.73 Å². The molecule has 1 aromatic heterocycles. The monoisotopic (exact) mass is 291 g/mol. The third kappa shape index (κ3) is 3.35. The summed E-state index contributed by atoms with van der Waals surface area (Å²) in [6.07, 6.45) is 4.34. The molecule has 1 aliphatic rings. The van der Waals surface area contributed by atoms with E-state index in [-0.39, 0.29) is 0 Å². The molecule has 1 unspecified atom stereocenters. The third-order valence-corrected chi connectivity index (χ3v) is 4.37. The van der Waals surface area contributed by atoms with E-state index in [2.05, 4.69) is 47.9 Å². The first-order valence-electron chi connectivity index (χ1n) is 8.11. The van der Waals surface area contributed by atoms with Crippen molar-refractivity contribution in [1.82, 2.24) is 15.1 Å². The van der Waals surface area contributed by atoms with Crippen LogP contribution in [-0.4, -0.2) is 48.3 Å². The second-order valence-electron chi connectivity index (χ2n) is 6.09. The van der Waals surface area contributed by atoms with E-state index < -0.39 is 0 Å². The van der Waals surface area contributed by atoms with E-state index >= 15 is 0 Å². The first-order chi connectivity index (χ1) is 10.1. The lowest BCUT2D eigenvalue weighted by Crippen LogP contribution is -2.39. The summed E-state index contributed by atoms with van der Waals surface area (Å²) in [7, 11) is 4.26. The molecule has 1 aromatic rings. The van der Waals surface area contributed by atoms with Gasteiger partial charge in [0.25, 0.3) is 0 Å². The molecular formula is C16H29N5. The van der Waals surface area contributed by atoms with Gasteiger partial charge in [-0.1, -0.05) is 13.8 Å². The minimum Gasteiger partial charge on any atom is -0.351 e. The van der Waals surface area contributed by atoms with Crippen LogP contribution in [0.1, 0.15) is 43.5 Å². The van der Waals surface area contributed by atoms with Crippen molar-refractivity contribution in [3.8, 4) is 0 Å². The molecule has 0 bridgehead atoms. The summed E-state index contributed by atoms with van der Waals surface area (Å²) in [6.45, 7) is 6.98. The predicted molar refractivity (Wildman–Crippen MR) is 87.6 cm³/mol. The lowest BCUT2D eigenvalue weighted by Gasteiger charge is -2.30. The fourth-order valence-electron chi connectivity index (χ4n) is 3.41. The van der Waals surface area contributed by atoms with Gasteiger partial charge >= 0.3 is 0 Å². The van der Waals surface area contributed by atoms with Gasteiger partial charge in [0.05, 0.1) is 5.69 Å². The fraction of sp³-hybridized carbons (Fsp3) is 0.750. The van der Waals surface area contributed by atoms with Crippen molar-refractivity contribution in [3.63, 3.8) is 0 Å². The number of nitrogens with zero attached hydrogens (tertiary/aromatic N) is 4. The molecule has 2 rings (SSSR count). The highest BCUT2D eigenvalue weighted by atomic mass is 15.3. The third-order valence-electron chi connectivity index (χ3n) is 4.37. The Kier molecular flexibility index (Phi) is 5.53. The van der Waals surface area contributed by atoms with Gasteiger partial charge in [-0.2, -0.15) is 5.10 Å². The maximum absolute atomic E-state index is 6.06. The van der Waals surface area contributed by atoms with Gasteiger partial charge in [-0.15, -0.1) is 5.10 Å². The Bertz CT molecular complexity index is 472. The molecule has 1 saturated heterocycles. The molecule has 0 aromatic carbocycles. The lowest BCUT2D eigenvalue weighted by atomic mass is 10.0. The molecular weight excluding hydrogens is 262 g/mol. The largest absolute Gasteiger partial charge is 0.351 e. The van der Waals surface area contributed by atoms with Gasteiger partial charge in [0.1, 0.15) is 0 Å². The maximum Gasteiger partial charge on any atom is 0.156 e. The molecule has 1 atom stereocenters. The van der Waals surface area contributed by atoms with Gasteiger partial charge in [-0.25, -0.2) is 0 Å². The Balaban J connectivity index is 2.38. The molecule has 5 heteroatoms. The second-order valence-corrected chi connectivity index (χ2v) is 6.09. The summed E-state index contributed by atoms with van der Waals surface area (Å²) in [4.78, 5) is 4.67. The number of nitrogens with two attached hydrogens (primary N) is 1. The zero-order valence-electron chi connectivity index (χ0n) is 13.9. The topological polar surface area (TPSA) is 58.3 Å². The van der Waals surface area contributed by atoms with Crippen molar-refractivity contribution in [2.75, 3.05) is 32.1 Å². The molecule has 1 aliphatic heterocycles. The molecule has 118 valence electrons. The van der Waals surface area contributed by atoms with E-state index in [1.165, 1.54) is 24.0 Å². The minimum atomic E-state index is 0.525. The molecule has 5 nitrogen and oxygen atoms in total. The summed E-state index contributed by atoms with van der Waals surface area (Å²) < 4.78 is 0. The van der Waals surface area contributed by atoms with E-state index in [1.54, 1.807) is 0 Å². The van der Waals surface area contributed by atoms with E-state index in [0.717, 1.165) is 37.4 Å². The normalized spacial score (nSPS) is 18.8. The summed E-state index contributed by atoms with van der Waals surface area (Å²) in [5.41, 5.74) is 9.67. The number of anilines is 1. The van der Waals surface area contributed by atoms with Gasteiger partial charge in [-0.3, -0.25) is 0 Å². The zero-order valence-corrected chi connectivity index (χ0v) is 13.9. The van der Waals surface area contributed by atoms with Gasteiger partial charge in [0.2, 0.25) is 0 Å². The number of hydrogen-bond donors (Lipinski definition) is 1. The van der Waals surface area contributed by atoms with E-state index in [1.807, 2.05) is 0 Å². The zero-order chi connectivity index (χ0) is 15.4. The van der Waals surface area contributed by atoms with Gasteiger partial charge in [0, 0.05) is 31.2 Å². The Labute approximate surface area is 128 Å². The van der Waals surface area contributed by atoms with Crippen molar-refractivity contribution < 1.29 is 0 Å². The Morgan fingerprint density at radius 1 is 1.19 bits per heavy atom. The molecule has 0 aliphatic carbocycles. The number of likely N-dealkylation sites (N-methyl/N-ethyl adjacent to an activating group) is 1. The summed E-state index contributed by atoms with van der Waals surface area (Å²) in [5.74, 6) is 1.02. The molecule has 0 amide bonds. The van der Waals surface area contributed by atoms with Crippen molar-refractivity contribution in [3.05, 3.63) is 16.8 Å². The Morgan fingerprint density at radius 3 is 2.52 bits per heavy atom. The fourth-order valence-corrected chi connectivity index (χ4v) is 3.41. The Morgan fingerprint density at radius 2 is 1.95 bits per heavy atom. The first kappa shape index (κ1) is 16.2. The average Bonchev–Trinajstić information content (AvgIpc) is 2.92. The average molecular weight is 291 g/mol. The van der Waals surface area contributed by atoms with E-state index in [9.17, 15) is 0 Å². The van der Waals surface area contributed by atoms with Crippen molar-refractivity contribution >= 4 is 5.82 Å². The van der Waals surface area contributed by atoms with Crippen LogP contribution in [0, 0.1) is 0 Å². The molecule has 1 fully saturated rings. The van der Waals surface area contributed by atoms with Crippen LogP contribution < -0.4 is 10.6 Å². The summed E-state index contributed by atoms with van der Waals surface area (Å²) in [6, 6.07) is 0.525. The highest BCUT2D eigenvalue weighted by molar-refractivity contribution is 5.53. The van der Waals surface area contributed by atoms with Crippen LogP contribution in [0.5, 0.6) is 0 Å². The highest BCUT2D eigenvalue weighted by Crippen LogP contribution is 2.29. The molecule has 21 heavy (non-hydrogen) atoms. The van der Waals surface area contributed by atoms with E-state index in [4.69, 9.17) is 5.73 Å². The van der Waals surface area contributed by atoms with Gasteiger partial charge in [-0.05, 0) is 45.3 Å². The van der Waals surface area contributed by atoms with Gasteiger partial charge in [0.15, 0.2) is 5.82 Å². The number of aryl methyl sites for hydroxylation is 1.